The molecule has 2 aromatic carbocycles. The van der Waals surface area contributed by atoms with Gasteiger partial charge in [-0.05, 0) is 36.8 Å². The molecule has 0 unspecified atom stereocenters. The second kappa shape index (κ2) is 5.19. The van der Waals surface area contributed by atoms with Crippen LogP contribution in [0.3, 0.4) is 0 Å². The van der Waals surface area contributed by atoms with Gasteiger partial charge in [0.15, 0.2) is 0 Å². The van der Waals surface area contributed by atoms with Gasteiger partial charge in [-0.15, -0.1) is 0 Å². The number of nitrogens with one attached hydrogen (secondary N) is 1. The number of fused-ring (bicyclic) bond motifs is 1. The highest BCUT2D eigenvalue weighted by atomic mass is 79.9. The van der Waals surface area contributed by atoms with E-state index in [4.69, 9.17) is 11.6 Å². The van der Waals surface area contributed by atoms with Gasteiger partial charge in [0.05, 0.1) is 11.0 Å². The summed E-state index contributed by atoms with van der Waals surface area (Å²) in [6, 6.07) is 8.65. The third-order valence-corrected chi connectivity index (χ3v) is 4.01. The van der Waals surface area contributed by atoms with Gasteiger partial charge in [0.1, 0.15) is 11.6 Å². The summed E-state index contributed by atoms with van der Waals surface area (Å²) in [7, 11) is 0. The van der Waals surface area contributed by atoms with Gasteiger partial charge in [0.25, 0.3) is 0 Å². The Morgan fingerprint density at radius 2 is 2.15 bits per heavy atom. The van der Waals surface area contributed by atoms with Crippen molar-refractivity contribution in [2.75, 3.05) is 0 Å². The number of aryl methyl sites for hydroxylation is 1. The van der Waals surface area contributed by atoms with Crippen LogP contribution >= 0.6 is 27.5 Å². The molecule has 0 fully saturated rings. The number of imidazole rings is 1. The Morgan fingerprint density at radius 1 is 1.35 bits per heavy atom. The molecule has 0 aliphatic heterocycles. The van der Waals surface area contributed by atoms with Crippen LogP contribution in [0.2, 0.25) is 5.02 Å². The van der Waals surface area contributed by atoms with Crippen molar-refractivity contribution in [1.82, 2.24) is 9.97 Å². The third kappa shape index (κ3) is 2.45. The molecular weight excluding hydrogens is 343 g/mol. The third-order valence-electron chi connectivity index (χ3n) is 3.20. The van der Waals surface area contributed by atoms with E-state index in [0.717, 1.165) is 21.1 Å². The molecule has 3 aromatic rings. The predicted molar refractivity (Wildman–Crippen MR) is 82.7 cm³/mol. The van der Waals surface area contributed by atoms with Crippen molar-refractivity contribution in [2.45, 2.75) is 13.3 Å². The van der Waals surface area contributed by atoms with Gasteiger partial charge in [-0.25, -0.2) is 9.37 Å². The molecule has 0 saturated carbocycles. The number of nitrogens with zero attached hydrogens (tertiary/aromatic N) is 1. The Kier molecular flexibility index (Phi) is 3.52. The molecule has 3 rings (SSSR count). The fourth-order valence-electron chi connectivity index (χ4n) is 2.25. The predicted octanol–water partition coefficient (Wildman–Crippen LogP) is 5.02. The average molecular weight is 354 g/mol. The van der Waals surface area contributed by atoms with Crippen LogP contribution in [-0.4, -0.2) is 9.97 Å². The standard InChI is InChI=1S/C15H11BrClFN2/c1-8-5-9(16)6-13-15(8)20-14(19-13)7-10-11(17)3-2-4-12(10)18/h2-6H,7H2,1H3,(H,19,20). The zero-order chi connectivity index (χ0) is 14.3. The van der Waals surface area contributed by atoms with Gasteiger partial charge in [-0.2, -0.15) is 0 Å². The van der Waals surface area contributed by atoms with E-state index in [1.165, 1.54) is 6.07 Å². The van der Waals surface area contributed by atoms with Gasteiger partial charge in [-0.1, -0.05) is 33.6 Å². The number of rotatable bonds is 2. The van der Waals surface area contributed by atoms with E-state index in [0.29, 0.717) is 22.8 Å². The number of benzene rings is 2. The summed E-state index contributed by atoms with van der Waals surface area (Å²) in [6.07, 6.45) is 0.344. The molecule has 0 atom stereocenters. The molecule has 1 heterocycles. The van der Waals surface area contributed by atoms with E-state index in [1.54, 1.807) is 12.1 Å². The van der Waals surface area contributed by atoms with Crippen LogP contribution in [0.25, 0.3) is 11.0 Å². The van der Waals surface area contributed by atoms with E-state index in [-0.39, 0.29) is 5.82 Å². The quantitative estimate of drug-likeness (QED) is 0.689. The maximum absolute atomic E-state index is 13.8. The highest BCUT2D eigenvalue weighted by Gasteiger charge is 2.12. The van der Waals surface area contributed by atoms with Crippen LogP contribution in [0.4, 0.5) is 4.39 Å². The second-order valence-corrected chi connectivity index (χ2v) is 6.00. The molecule has 2 nitrogen and oxygen atoms in total. The first-order valence-electron chi connectivity index (χ1n) is 6.12. The molecule has 0 amide bonds. The van der Waals surface area contributed by atoms with Crippen molar-refractivity contribution < 1.29 is 4.39 Å². The minimum Gasteiger partial charge on any atom is -0.342 e. The van der Waals surface area contributed by atoms with E-state index in [1.807, 2.05) is 19.1 Å². The van der Waals surface area contributed by atoms with E-state index in [2.05, 4.69) is 25.9 Å². The number of halogens is 3. The van der Waals surface area contributed by atoms with Gasteiger partial charge in [0, 0.05) is 21.5 Å². The number of hydrogen-bond acceptors (Lipinski definition) is 1. The van der Waals surface area contributed by atoms with E-state index < -0.39 is 0 Å². The Bertz CT molecular complexity index is 778. The van der Waals surface area contributed by atoms with Crippen LogP contribution in [0, 0.1) is 12.7 Å². The molecule has 0 aliphatic rings. The molecule has 20 heavy (non-hydrogen) atoms. The van der Waals surface area contributed by atoms with Crippen LogP contribution in [0.5, 0.6) is 0 Å². The first kappa shape index (κ1) is 13.6. The van der Waals surface area contributed by atoms with Gasteiger partial charge >= 0.3 is 0 Å². The lowest BCUT2D eigenvalue weighted by Crippen LogP contribution is -1.95. The molecule has 0 radical (unpaired) electrons. The first-order valence-corrected chi connectivity index (χ1v) is 7.29. The Balaban J connectivity index is 2.06. The Hall–Kier alpha value is -1.39. The normalized spacial score (nSPS) is 11.2. The van der Waals surface area contributed by atoms with Crippen molar-refractivity contribution in [2.24, 2.45) is 0 Å². The molecule has 1 N–H and O–H groups in total. The Morgan fingerprint density at radius 3 is 2.90 bits per heavy atom. The highest BCUT2D eigenvalue weighted by molar-refractivity contribution is 9.10. The fourth-order valence-corrected chi connectivity index (χ4v) is 3.05. The summed E-state index contributed by atoms with van der Waals surface area (Å²) in [4.78, 5) is 7.74. The molecule has 0 saturated heterocycles. The fraction of sp³-hybridized carbons (Fsp3) is 0.133. The molecule has 0 bridgehead atoms. The molecule has 0 aliphatic carbocycles. The number of H-pyrrole nitrogens is 1. The smallest absolute Gasteiger partial charge is 0.128 e. The Labute approximate surface area is 129 Å². The van der Waals surface area contributed by atoms with Crippen molar-refractivity contribution in [1.29, 1.82) is 0 Å². The van der Waals surface area contributed by atoms with Crippen LogP contribution in [0.1, 0.15) is 17.0 Å². The second-order valence-electron chi connectivity index (χ2n) is 4.68. The molecular formula is C15H11BrClFN2. The van der Waals surface area contributed by atoms with Crippen LogP contribution in [-0.2, 0) is 6.42 Å². The zero-order valence-electron chi connectivity index (χ0n) is 10.7. The summed E-state index contributed by atoms with van der Waals surface area (Å²) in [5.41, 5.74) is 3.36. The van der Waals surface area contributed by atoms with Crippen LogP contribution in [0.15, 0.2) is 34.8 Å². The summed E-state index contributed by atoms with van der Waals surface area (Å²) in [5, 5.41) is 0.420. The molecule has 102 valence electrons. The number of aromatic nitrogens is 2. The maximum atomic E-state index is 13.8. The average Bonchev–Trinajstić information content (AvgIpc) is 2.77. The summed E-state index contributed by atoms with van der Waals surface area (Å²) in [6.45, 7) is 1.99. The topological polar surface area (TPSA) is 28.7 Å². The monoisotopic (exact) mass is 352 g/mol. The largest absolute Gasteiger partial charge is 0.342 e. The molecule has 0 spiro atoms. The van der Waals surface area contributed by atoms with Crippen LogP contribution < -0.4 is 0 Å². The highest BCUT2D eigenvalue weighted by Crippen LogP contribution is 2.25. The van der Waals surface area contributed by atoms with E-state index >= 15 is 0 Å². The summed E-state index contributed by atoms with van der Waals surface area (Å²) >= 11 is 9.50. The van der Waals surface area contributed by atoms with Crippen molar-refractivity contribution in [3.8, 4) is 0 Å². The summed E-state index contributed by atoms with van der Waals surface area (Å²) in [5.74, 6) is 0.393. The summed E-state index contributed by atoms with van der Waals surface area (Å²) < 4.78 is 14.8. The maximum Gasteiger partial charge on any atom is 0.128 e. The SMILES string of the molecule is Cc1cc(Br)cc2[nH]c(Cc3c(F)cccc3Cl)nc12. The number of hydrogen-bond donors (Lipinski definition) is 1. The molecule has 5 heteroatoms. The number of aromatic amines is 1. The minimum absolute atomic E-state index is 0.309. The lowest BCUT2D eigenvalue weighted by molar-refractivity contribution is 0.612. The van der Waals surface area contributed by atoms with Gasteiger partial charge in [-0.3, -0.25) is 0 Å². The van der Waals surface area contributed by atoms with Gasteiger partial charge < -0.3 is 4.98 Å². The lowest BCUT2D eigenvalue weighted by atomic mass is 10.1. The lowest BCUT2D eigenvalue weighted by Gasteiger charge is -2.03. The minimum atomic E-state index is -0.309. The molecule has 1 aromatic heterocycles. The van der Waals surface area contributed by atoms with E-state index in [9.17, 15) is 4.39 Å². The van der Waals surface area contributed by atoms with Crippen molar-refractivity contribution >= 4 is 38.6 Å². The van der Waals surface area contributed by atoms with Gasteiger partial charge in [0.2, 0.25) is 0 Å². The zero-order valence-corrected chi connectivity index (χ0v) is 13.0. The van der Waals surface area contributed by atoms with Crippen molar-refractivity contribution in [3.63, 3.8) is 0 Å². The van der Waals surface area contributed by atoms with Crippen molar-refractivity contribution in [3.05, 3.63) is 62.6 Å². The first-order chi connectivity index (χ1) is 9.54.